The minimum atomic E-state index is -5.64. The predicted octanol–water partition coefficient (Wildman–Crippen LogP) is -5.98. The second kappa shape index (κ2) is 39.0. The molecule has 44 heavy (non-hydrogen) atoms. The van der Waals surface area contributed by atoms with Crippen LogP contribution in [-0.4, -0.2) is 0 Å². The Hall–Kier alpha value is 3.18. The fourth-order valence-electron chi connectivity index (χ4n) is 0.475. The molecule has 0 aromatic heterocycles. The maximum absolute atomic E-state index is 12.3. The predicted molar refractivity (Wildman–Crippen MR) is 88.0 cm³/mol. The largest absolute Gasteiger partial charge is 2.00 e. The molecular formula is C6H6F7Fe6O18P7. The van der Waals surface area contributed by atoms with E-state index in [0.29, 0.717) is 5.30 Å². The quantitative estimate of drug-likeness (QED) is 0.133. The summed E-state index contributed by atoms with van der Waals surface area (Å²) < 4.78 is 124. The van der Waals surface area contributed by atoms with Crippen molar-refractivity contribution in [2.24, 2.45) is 0 Å². The Labute approximate surface area is 308 Å². The molecule has 1 atom stereocenters. The Balaban J connectivity index is -0.0000000268. The monoisotopic (exact) mass is 1050 g/mol. The summed E-state index contributed by atoms with van der Waals surface area (Å²) in [4.78, 5) is 101. The van der Waals surface area contributed by atoms with Crippen LogP contribution in [0.1, 0.15) is 0 Å². The topological polar surface area (TPSA) is 379 Å². The Morgan fingerprint density at radius 2 is 0.523 bits per heavy atom. The van der Waals surface area contributed by atoms with Crippen LogP contribution in [0.15, 0.2) is 24.3 Å². The normalized spacial score (nSPS) is 9.73. The van der Waals surface area contributed by atoms with Crippen LogP contribution in [0.25, 0.3) is 0 Å². The molecule has 0 saturated heterocycles. The van der Waals surface area contributed by atoms with E-state index in [2.05, 4.69) is 9.24 Å². The first-order valence-electron chi connectivity index (χ1n) is 6.61. The van der Waals surface area contributed by atoms with Crippen LogP contribution in [0.4, 0.5) is 29.6 Å². The van der Waals surface area contributed by atoms with E-state index in [4.69, 9.17) is 86.1 Å². The molecule has 0 aliphatic heterocycles. The third-order valence-corrected chi connectivity index (χ3v) is 1.37. The molecule has 0 bridgehead atoms. The molecule has 270 valence electrons. The molecule has 1 aromatic rings. The van der Waals surface area contributed by atoms with Gasteiger partial charge in [0.05, 0.1) is 0 Å². The maximum atomic E-state index is 12.3. The molecule has 38 heteroatoms. The van der Waals surface area contributed by atoms with E-state index in [-0.39, 0.29) is 108 Å². The second-order valence-electron chi connectivity index (χ2n) is 4.11. The van der Waals surface area contributed by atoms with E-state index in [9.17, 15) is 29.6 Å². The summed E-state index contributed by atoms with van der Waals surface area (Å²) in [6, 6.07) is 6.61. The third kappa shape index (κ3) is 439. The third-order valence-electron chi connectivity index (χ3n) is 0.905. The van der Waals surface area contributed by atoms with Crippen LogP contribution >= 0.6 is 56.7 Å². The van der Waals surface area contributed by atoms with Crippen LogP contribution in [0.2, 0.25) is 0 Å². The molecule has 0 heterocycles. The van der Waals surface area contributed by atoms with E-state index < -0.39 is 47.4 Å². The van der Waals surface area contributed by atoms with Crippen molar-refractivity contribution in [3.8, 4) is 0 Å². The van der Waals surface area contributed by atoms with Gasteiger partial charge < -0.3 is 86.1 Å². The molecule has 0 N–H and O–H groups in total. The van der Waals surface area contributed by atoms with Crippen molar-refractivity contribution in [2.75, 3.05) is 0 Å². The molecule has 18 nitrogen and oxygen atoms in total. The maximum Gasteiger partial charge on any atom is 2.00 e. The number of benzene rings is 1. The van der Waals surface area contributed by atoms with Crippen LogP contribution in [0.5, 0.6) is 0 Å². The number of hydrogen-bond donors (Lipinski definition) is 0. The fraction of sp³-hybridized carbons (Fsp3) is 0. The summed E-state index contributed by atoms with van der Waals surface area (Å²) >= 11 is 0. The smallest absolute Gasteiger partial charge is 0.786 e. The first kappa shape index (κ1) is 81.3. The summed E-state index contributed by atoms with van der Waals surface area (Å²) in [5, 5.41) is 0.618. The van der Waals surface area contributed by atoms with E-state index in [1.807, 2.05) is 0 Å². The first-order chi connectivity index (χ1) is 15.8. The zero-order chi connectivity index (χ0) is 33.0. The van der Waals surface area contributed by atoms with Gasteiger partial charge in [0.25, 0.3) is 0 Å². The van der Waals surface area contributed by atoms with Crippen LogP contribution < -0.4 is 64.0 Å². The zero-order valence-electron chi connectivity index (χ0n) is 18.7. The van der Waals surface area contributed by atoms with Crippen molar-refractivity contribution in [1.29, 1.82) is 0 Å². The number of rotatable bonds is 0. The number of halogens is 7. The van der Waals surface area contributed by atoms with E-state index >= 15 is 0 Å². The Morgan fingerprint density at radius 1 is 0.409 bits per heavy atom. The van der Waals surface area contributed by atoms with Gasteiger partial charge in [-0.15, -0.1) is 9.24 Å². The van der Waals surface area contributed by atoms with Gasteiger partial charge in [0.2, 0.25) is 0 Å². The second-order valence-corrected chi connectivity index (χ2v) is 9.89. The van der Waals surface area contributed by atoms with Gasteiger partial charge in [0, 0.05) is 5.30 Å². The molecule has 1 unspecified atom stereocenters. The van der Waals surface area contributed by atoms with Crippen molar-refractivity contribution in [2.45, 2.75) is 0 Å². The molecule has 0 aliphatic carbocycles. The Morgan fingerprint density at radius 3 is 0.591 bits per heavy atom. The van der Waals surface area contributed by atoms with E-state index in [1.165, 1.54) is 6.07 Å². The van der Waals surface area contributed by atoms with E-state index in [1.54, 1.807) is 18.2 Å². The molecule has 0 fully saturated rings. The van der Waals surface area contributed by atoms with Crippen LogP contribution in [0.3, 0.4) is 0 Å². The minimum absolute atomic E-state index is 0. The van der Waals surface area contributed by atoms with Gasteiger partial charge in [0.1, 0.15) is 53.3 Å². The molecule has 0 spiro atoms. The van der Waals surface area contributed by atoms with Crippen molar-refractivity contribution in [1.82, 2.24) is 0 Å². The molecular weight excluding hydrogens is 1040 g/mol. The Bertz CT molecular complexity index is 820. The van der Waals surface area contributed by atoms with Crippen molar-refractivity contribution in [3.63, 3.8) is 0 Å². The summed E-state index contributed by atoms with van der Waals surface area (Å²) in [5.74, 6) is -0.169. The molecule has 0 amide bonds. The first-order valence-corrected chi connectivity index (χ1v) is 15.8. The summed E-state index contributed by atoms with van der Waals surface area (Å²) in [7, 11) is -31.5. The van der Waals surface area contributed by atoms with Crippen LogP contribution in [0, 0.1) is 5.82 Å². The van der Waals surface area contributed by atoms with Gasteiger partial charge in [-0.3, -0.25) is 0 Å². The molecule has 0 saturated carbocycles. The Kier molecular flexibility index (Phi) is 72.0. The SMILES string of the molecule is Fc1ccccc1P.O=P([O-])([O-])F.O=P([O-])([O-])F.O=P([O-])([O-])F.O=P([O-])([O-])F.O=P([O-])([O-])F.O=P([O-])([O-])F.[Fe+2].[Fe+2].[Fe+2].[Fe+2].[Fe+2].[Fe+2]. The average molecular weight is 1050 g/mol. The van der Waals surface area contributed by atoms with Crippen molar-refractivity contribution in [3.05, 3.63) is 30.1 Å². The molecule has 0 aliphatic rings. The molecule has 1 rings (SSSR count). The van der Waals surface area contributed by atoms with Gasteiger partial charge in [-0.25, -0.2) is 29.6 Å². The summed E-state index contributed by atoms with van der Waals surface area (Å²) in [5.41, 5.74) is 0. The average Bonchev–Trinajstić information content (AvgIpc) is 2.39. The molecule has 0 radical (unpaired) electrons. The van der Waals surface area contributed by atoms with Crippen LogP contribution in [-0.2, 0) is 130 Å². The fourth-order valence-corrected chi connectivity index (χ4v) is 0.682. The minimum Gasteiger partial charge on any atom is -0.786 e. The molecule has 1 aromatic carbocycles. The summed E-state index contributed by atoms with van der Waals surface area (Å²) in [6.45, 7) is 0. The van der Waals surface area contributed by atoms with Crippen molar-refractivity contribution >= 4 is 62.0 Å². The van der Waals surface area contributed by atoms with Crippen molar-refractivity contribution < 1.29 is 218 Å². The summed E-state index contributed by atoms with van der Waals surface area (Å²) in [6.07, 6.45) is 0. The van der Waals surface area contributed by atoms with Gasteiger partial charge >= 0.3 is 102 Å². The van der Waals surface area contributed by atoms with E-state index in [0.717, 1.165) is 0 Å². The van der Waals surface area contributed by atoms with Gasteiger partial charge in [-0.2, -0.15) is 0 Å². The van der Waals surface area contributed by atoms with Gasteiger partial charge in [0.15, 0.2) is 0 Å². The van der Waals surface area contributed by atoms with Gasteiger partial charge in [-0.05, 0) is 6.07 Å². The zero-order valence-corrected chi connectivity index (χ0v) is 31.8. The number of hydrogen-bond acceptors (Lipinski definition) is 18. The standard InChI is InChI=1S/C6H6FP.6FH2O3P.6Fe/c7-5-3-1-2-4-6(5)8;6*1-5(2,3)4;;;;;;/h1-4H,8H2;6*(H2,2,3,4);;;;;;/q;;;;;;;6*+2/p-12. The van der Waals surface area contributed by atoms with Gasteiger partial charge in [-0.1, -0.05) is 18.2 Å².